The van der Waals surface area contributed by atoms with Crippen molar-refractivity contribution in [1.82, 2.24) is 14.9 Å². The monoisotopic (exact) mass is 278 g/mol. The Labute approximate surface area is 120 Å². The lowest BCUT2D eigenvalue weighted by molar-refractivity contribution is -0.126. The number of carbonyl (C=O) groups is 1. The van der Waals surface area contributed by atoms with E-state index in [-0.39, 0.29) is 5.91 Å². The second-order valence-electron chi connectivity index (χ2n) is 5.73. The summed E-state index contributed by atoms with van der Waals surface area (Å²) in [5.41, 5.74) is 5.12. The highest BCUT2D eigenvalue weighted by atomic mass is 16.1. The van der Waals surface area contributed by atoms with Gasteiger partial charge in [-0.15, -0.1) is 0 Å². The molecule has 1 fully saturated rings. The standard InChI is InChI=1S/C15H26N4O/c1-3-6-13-17-9-10-19(13)12-7-5-8-15(11-12,14(16)20)18-4-2/h9-10,12,18H,3-8,11H2,1-2H3,(H2,16,20). The lowest BCUT2D eigenvalue weighted by Crippen LogP contribution is -2.57. The molecule has 1 amide bonds. The molecule has 5 nitrogen and oxygen atoms in total. The van der Waals surface area contributed by atoms with Crippen molar-refractivity contribution in [3.05, 3.63) is 18.2 Å². The van der Waals surface area contributed by atoms with E-state index in [1.165, 1.54) is 0 Å². The fourth-order valence-electron chi connectivity index (χ4n) is 3.39. The minimum atomic E-state index is -0.550. The number of nitrogens with one attached hydrogen (secondary N) is 1. The van der Waals surface area contributed by atoms with Gasteiger partial charge in [-0.2, -0.15) is 0 Å². The molecule has 2 unspecified atom stereocenters. The first kappa shape index (κ1) is 15.0. The zero-order valence-electron chi connectivity index (χ0n) is 12.6. The summed E-state index contributed by atoms with van der Waals surface area (Å²) in [5, 5.41) is 3.33. The van der Waals surface area contributed by atoms with Gasteiger partial charge in [0.05, 0.1) is 5.54 Å². The first-order valence-electron chi connectivity index (χ1n) is 7.69. The van der Waals surface area contributed by atoms with E-state index in [4.69, 9.17) is 5.73 Å². The third-order valence-corrected chi connectivity index (χ3v) is 4.33. The molecule has 5 heteroatoms. The van der Waals surface area contributed by atoms with Crippen molar-refractivity contribution in [3.8, 4) is 0 Å². The number of hydrogen-bond donors (Lipinski definition) is 2. The molecule has 0 radical (unpaired) electrons. The Balaban J connectivity index is 2.20. The summed E-state index contributed by atoms with van der Waals surface area (Å²) in [4.78, 5) is 16.4. The third kappa shape index (κ3) is 2.87. The molecule has 112 valence electrons. The molecule has 1 aliphatic rings. The Morgan fingerprint density at radius 1 is 1.60 bits per heavy atom. The summed E-state index contributed by atoms with van der Waals surface area (Å²) in [6.45, 7) is 4.95. The molecule has 0 bridgehead atoms. The maximum absolute atomic E-state index is 11.9. The second kappa shape index (κ2) is 6.39. The number of carbonyl (C=O) groups excluding carboxylic acids is 1. The molecule has 2 rings (SSSR count). The van der Waals surface area contributed by atoms with Crippen molar-refractivity contribution in [1.29, 1.82) is 0 Å². The smallest absolute Gasteiger partial charge is 0.237 e. The van der Waals surface area contributed by atoms with Gasteiger partial charge in [-0.3, -0.25) is 4.79 Å². The number of amides is 1. The molecule has 1 heterocycles. The van der Waals surface area contributed by atoms with E-state index in [0.29, 0.717) is 6.04 Å². The molecule has 0 aromatic carbocycles. The molecular weight excluding hydrogens is 252 g/mol. The Morgan fingerprint density at radius 3 is 3.05 bits per heavy atom. The van der Waals surface area contributed by atoms with Crippen LogP contribution >= 0.6 is 0 Å². The van der Waals surface area contributed by atoms with Crippen LogP contribution in [0.4, 0.5) is 0 Å². The number of aryl methyl sites for hydroxylation is 1. The lowest BCUT2D eigenvalue weighted by atomic mass is 9.78. The third-order valence-electron chi connectivity index (χ3n) is 4.33. The van der Waals surface area contributed by atoms with Crippen molar-refractivity contribution in [2.45, 2.75) is 64.0 Å². The van der Waals surface area contributed by atoms with E-state index in [1.807, 2.05) is 19.3 Å². The molecule has 1 saturated carbocycles. The van der Waals surface area contributed by atoms with Gasteiger partial charge in [-0.25, -0.2) is 4.98 Å². The van der Waals surface area contributed by atoms with E-state index in [0.717, 1.165) is 50.9 Å². The van der Waals surface area contributed by atoms with E-state index >= 15 is 0 Å². The number of hydrogen-bond acceptors (Lipinski definition) is 3. The van der Waals surface area contributed by atoms with Crippen LogP contribution in [0.3, 0.4) is 0 Å². The van der Waals surface area contributed by atoms with Gasteiger partial charge in [0.2, 0.25) is 5.91 Å². The first-order valence-corrected chi connectivity index (χ1v) is 7.69. The second-order valence-corrected chi connectivity index (χ2v) is 5.73. The average molecular weight is 278 g/mol. The Kier molecular flexibility index (Phi) is 4.81. The minimum Gasteiger partial charge on any atom is -0.368 e. The summed E-state index contributed by atoms with van der Waals surface area (Å²) in [6.07, 6.45) is 9.68. The largest absolute Gasteiger partial charge is 0.368 e. The summed E-state index contributed by atoms with van der Waals surface area (Å²) < 4.78 is 2.25. The van der Waals surface area contributed by atoms with Crippen LogP contribution in [0.1, 0.15) is 57.8 Å². The fraction of sp³-hybridized carbons (Fsp3) is 0.733. The Morgan fingerprint density at radius 2 is 2.40 bits per heavy atom. The van der Waals surface area contributed by atoms with Crippen molar-refractivity contribution in [2.75, 3.05) is 6.54 Å². The fourth-order valence-corrected chi connectivity index (χ4v) is 3.39. The van der Waals surface area contributed by atoms with Gasteiger partial charge < -0.3 is 15.6 Å². The van der Waals surface area contributed by atoms with Gasteiger partial charge in [0.1, 0.15) is 5.82 Å². The summed E-state index contributed by atoms with van der Waals surface area (Å²) >= 11 is 0. The van der Waals surface area contributed by atoms with Gasteiger partial charge in [0, 0.05) is 24.9 Å². The lowest BCUT2D eigenvalue weighted by Gasteiger charge is -2.40. The predicted molar refractivity (Wildman–Crippen MR) is 79.3 cm³/mol. The molecule has 2 atom stereocenters. The van der Waals surface area contributed by atoms with Gasteiger partial charge in [0.25, 0.3) is 0 Å². The molecule has 0 saturated heterocycles. The van der Waals surface area contributed by atoms with Gasteiger partial charge in [0.15, 0.2) is 0 Å². The van der Waals surface area contributed by atoms with Gasteiger partial charge >= 0.3 is 0 Å². The average Bonchev–Trinajstić information content (AvgIpc) is 2.88. The number of likely N-dealkylation sites (N-methyl/N-ethyl adjacent to an activating group) is 1. The summed E-state index contributed by atoms with van der Waals surface area (Å²) in [6, 6.07) is 0.319. The highest BCUT2D eigenvalue weighted by Gasteiger charge is 2.41. The number of nitrogens with zero attached hydrogens (tertiary/aromatic N) is 2. The number of rotatable bonds is 6. The van der Waals surface area contributed by atoms with Crippen LogP contribution in [-0.4, -0.2) is 27.5 Å². The van der Waals surface area contributed by atoms with Crippen LogP contribution in [0, 0.1) is 0 Å². The number of imidazole rings is 1. The maximum Gasteiger partial charge on any atom is 0.237 e. The Bertz CT molecular complexity index is 452. The van der Waals surface area contributed by atoms with Crippen LogP contribution in [0.15, 0.2) is 12.4 Å². The zero-order valence-corrected chi connectivity index (χ0v) is 12.6. The van der Waals surface area contributed by atoms with Gasteiger partial charge in [-0.1, -0.05) is 13.8 Å². The van der Waals surface area contributed by atoms with Crippen molar-refractivity contribution in [2.24, 2.45) is 5.73 Å². The highest BCUT2D eigenvalue weighted by molar-refractivity contribution is 5.84. The van der Waals surface area contributed by atoms with Crippen molar-refractivity contribution in [3.63, 3.8) is 0 Å². The predicted octanol–water partition coefficient (Wildman–Crippen LogP) is 1.78. The minimum absolute atomic E-state index is 0.221. The normalized spacial score (nSPS) is 26.6. The van der Waals surface area contributed by atoms with Crippen LogP contribution in [0.2, 0.25) is 0 Å². The highest BCUT2D eigenvalue weighted by Crippen LogP contribution is 2.36. The molecule has 3 N–H and O–H groups in total. The zero-order chi connectivity index (χ0) is 14.6. The SMILES string of the molecule is CCCc1nccn1C1CCCC(NCC)(C(N)=O)C1. The Hall–Kier alpha value is -1.36. The summed E-state index contributed by atoms with van der Waals surface area (Å²) in [5.74, 6) is 0.899. The van der Waals surface area contributed by atoms with E-state index < -0.39 is 5.54 Å². The van der Waals surface area contributed by atoms with E-state index in [1.54, 1.807) is 0 Å². The summed E-state index contributed by atoms with van der Waals surface area (Å²) in [7, 11) is 0. The first-order chi connectivity index (χ1) is 9.63. The topological polar surface area (TPSA) is 72.9 Å². The van der Waals surface area contributed by atoms with Crippen molar-refractivity contribution >= 4 is 5.91 Å². The molecule has 1 aliphatic carbocycles. The molecule has 1 aromatic rings. The number of nitrogens with two attached hydrogens (primary N) is 1. The van der Waals surface area contributed by atoms with Gasteiger partial charge in [-0.05, 0) is 38.6 Å². The van der Waals surface area contributed by atoms with Crippen LogP contribution < -0.4 is 11.1 Å². The number of aromatic nitrogens is 2. The van der Waals surface area contributed by atoms with Crippen LogP contribution in [0.5, 0.6) is 0 Å². The molecule has 0 spiro atoms. The van der Waals surface area contributed by atoms with Crippen LogP contribution in [0.25, 0.3) is 0 Å². The molecule has 0 aliphatic heterocycles. The quantitative estimate of drug-likeness (QED) is 0.833. The molecule has 1 aromatic heterocycles. The van der Waals surface area contributed by atoms with E-state index in [2.05, 4.69) is 21.8 Å². The number of primary amides is 1. The van der Waals surface area contributed by atoms with E-state index in [9.17, 15) is 4.79 Å². The maximum atomic E-state index is 11.9. The van der Waals surface area contributed by atoms with Crippen LogP contribution in [-0.2, 0) is 11.2 Å². The molecular formula is C15H26N4O. The molecule has 20 heavy (non-hydrogen) atoms. The van der Waals surface area contributed by atoms with Crippen molar-refractivity contribution < 1.29 is 4.79 Å².